The summed E-state index contributed by atoms with van der Waals surface area (Å²) in [6.45, 7) is 13.0. The van der Waals surface area contributed by atoms with E-state index in [4.69, 9.17) is 0 Å². The van der Waals surface area contributed by atoms with Gasteiger partial charge in [0.25, 0.3) is 0 Å². The zero-order valence-corrected chi connectivity index (χ0v) is 22.2. The molecule has 6 aliphatic rings. The summed E-state index contributed by atoms with van der Waals surface area (Å²) in [6.07, 6.45) is 7.44. The minimum absolute atomic E-state index is 0. The van der Waals surface area contributed by atoms with Gasteiger partial charge in [-0.05, 0) is 92.5 Å². The first-order valence-electron chi connectivity index (χ1n) is 12.1. The fourth-order valence-corrected chi connectivity index (χ4v) is 5.80. The molecule has 0 N–H and O–H groups in total. The van der Waals surface area contributed by atoms with Gasteiger partial charge < -0.3 is 30.9 Å². The molecule has 0 amide bonds. The third-order valence-electron chi connectivity index (χ3n) is 6.97. The molecule has 0 aromatic rings. The van der Waals surface area contributed by atoms with E-state index < -0.39 is 0 Å². The summed E-state index contributed by atoms with van der Waals surface area (Å²) in [5.41, 5.74) is 0. The first kappa shape index (κ1) is 25.4. The molecular weight excluding hydrogens is 530 g/mol. The average molecular weight is 569 g/mol. The summed E-state index contributed by atoms with van der Waals surface area (Å²) in [5.74, 6) is 5.60. The van der Waals surface area contributed by atoms with Gasteiger partial charge in [-0.2, -0.15) is 0 Å². The summed E-state index contributed by atoms with van der Waals surface area (Å²) >= 11 is 0. The van der Waals surface area contributed by atoms with Crippen LogP contribution in [-0.2, 0) is 0 Å². The van der Waals surface area contributed by atoms with Crippen molar-refractivity contribution in [1.82, 2.24) is 0 Å². The van der Waals surface area contributed by atoms with Gasteiger partial charge in [-0.15, -0.1) is 0 Å². The number of fused-ring (bicyclic) bond motifs is 3. The molecule has 0 aliphatic carbocycles. The Morgan fingerprint density at radius 2 is 0.742 bits per heavy atom. The zero-order chi connectivity index (χ0) is 21.4. The van der Waals surface area contributed by atoms with Crippen LogP contribution in [0.1, 0.15) is 80.1 Å². The molecule has 6 aliphatic heterocycles. The molecule has 6 rings (SSSR count). The van der Waals surface area contributed by atoms with E-state index in [-0.39, 0.29) is 39.9 Å². The van der Waals surface area contributed by atoms with Gasteiger partial charge in [0.1, 0.15) is 0 Å². The molecule has 0 saturated carbocycles. The van der Waals surface area contributed by atoms with Crippen molar-refractivity contribution in [2.45, 2.75) is 116 Å². The molecule has 3 saturated heterocycles. The van der Waals surface area contributed by atoms with E-state index in [1.165, 1.54) is 38.5 Å². The maximum absolute atomic E-state index is 4.45. The van der Waals surface area contributed by atoms with Crippen LogP contribution in [0, 0.1) is 57.7 Å². The van der Waals surface area contributed by atoms with Crippen molar-refractivity contribution >= 4 is 17.5 Å². The van der Waals surface area contributed by atoms with Crippen LogP contribution in [-0.4, -0.2) is 53.8 Å². The van der Waals surface area contributed by atoms with E-state index in [1.807, 2.05) is 0 Å². The minimum atomic E-state index is 0. The van der Waals surface area contributed by atoms with Gasteiger partial charge in [0.2, 0.25) is 0 Å². The van der Waals surface area contributed by atoms with Gasteiger partial charge in [0.05, 0.1) is 0 Å². The molecule has 6 nitrogen and oxygen atoms in total. The number of nitrogens with zero attached hydrogens (tertiary/aromatic N) is 6. The fraction of sp³-hybridized carbons (Fsp3) is 0.875. The van der Waals surface area contributed by atoms with Crippen molar-refractivity contribution in [3.63, 3.8) is 0 Å². The van der Waals surface area contributed by atoms with Crippen LogP contribution in [0.3, 0.4) is 0 Å². The number of rotatable bonds is 0. The molecular formula is C24H39GdN6. The molecule has 9 unspecified atom stereocenters. The summed E-state index contributed by atoms with van der Waals surface area (Å²) in [7, 11) is 0. The Morgan fingerprint density at radius 3 is 0.968 bits per heavy atom. The standard InChI is InChI=1S/3C8H13N2.Gd/c3*1-5-3-7-4-6(2)10-8(7)9-5;/h3*5-7H,3-4H2,1-2H3;/q3*-1;+3. The third kappa shape index (κ3) is 6.41. The van der Waals surface area contributed by atoms with E-state index in [1.54, 1.807) is 0 Å². The van der Waals surface area contributed by atoms with E-state index in [9.17, 15) is 0 Å². The molecule has 1 radical (unpaired) electrons. The zero-order valence-electron chi connectivity index (χ0n) is 20.0. The van der Waals surface area contributed by atoms with Crippen molar-refractivity contribution in [2.75, 3.05) is 0 Å². The van der Waals surface area contributed by atoms with Crippen molar-refractivity contribution in [2.24, 2.45) is 32.7 Å². The quantitative estimate of drug-likeness (QED) is 0.350. The number of amidine groups is 3. The van der Waals surface area contributed by atoms with Gasteiger partial charge in [0.15, 0.2) is 0 Å². The van der Waals surface area contributed by atoms with Crippen LogP contribution >= 0.6 is 0 Å². The second kappa shape index (κ2) is 10.8. The average Bonchev–Trinajstić information content (AvgIpc) is 3.41. The summed E-state index contributed by atoms with van der Waals surface area (Å²) in [6, 6.07) is 3.23. The van der Waals surface area contributed by atoms with Crippen LogP contribution < -0.4 is 0 Å². The predicted octanol–water partition coefficient (Wildman–Crippen LogP) is 5.88. The van der Waals surface area contributed by atoms with Gasteiger partial charge in [-0.3, -0.25) is 0 Å². The van der Waals surface area contributed by atoms with E-state index in [0.717, 1.165) is 17.5 Å². The molecule has 0 aromatic heterocycles. The Bertz CT molecular complexity index is 624. The van der Waals surface area contributed by atoms with Gasteiger partial charge in [-0.25, -0.2) is 0 Å². The Balaban J connectivity index is 0.000000130. The summed E-state index contributed by atoms with van der Waals surface area (Å²) in [4.78, 5) is 13.4. The second-order valence-corrected chi connectivity index (χ2v) is 10.4. The van der Waals surface area contributed by atoms with Gasteiger partial charge in [0, 0.05) is 0 Å². The summed E-state index contributed by atoms with van der Waals surface area (Å²) in [5, 5.41) is 13.4. The third-order valence-corrected chi connectivity index (χ3v) is 6.97. The predicted molar refractivity (Wildman–Crippen MR) is 127 cm³/mol. The molecule has 0 bridgehead atoms. The van der Waals surface area contributed by atoms with E-state index in [2.05, 4.69) is 72.5 Å². The number of hydrogen-bond acceptors (Lipinski definition) is 3. The maximum Gasteiger partial charge on any atom is 3.00 e. The molecule has 31 heavy (non-hydrogen) atoms. The van der Waals surface area contributed by atoms with Crippen molar-refractivity contribution in [3.05, 3.63) is 16.0 Å². The Hall–Kier alpha value is -0.265. The first-order valence-corrected chi connectivity index (χ1v) is 12.1. The Kier molecular flexibility index (Phi) is 8.81. The second-order valence-electron chi connectivity index (χ2n) is 10.4. The topological polar surface area (TPSA) is 79.4 Å². The molecule has 0 spiro atoms. The van der Waals surface area contributed by atoms with Crippen molar-refractivity contribution in [1.29, 1.82) is 0 Å². The van der Waals surface area contributed by atoms with E-state index in [0.29, 0.717) is 54.0 Å². The number of hydrogen-bond donors (Lipinski definition) is 0. The Morgan fingerprint density at radius 1 is 0.484 bits per heavy atom. The van der Waals surface area contributed by atoms with Crippen LogP contribution in [0.5, 0.6) is 0 Å². The molecule has 9 atom stereocenters. The van der Waals surface area contributed by atoms with Gasteiger partial charge >= 0.3 is 39.9 Å². The first-order chi connectivity index (χ1) is 14.3. The molecule has 7 heteroatoms. The normalized spacial score (nSPS) is 43.2. The monoisotopic (exact) mass is 569 g/mol. The van der Waals surface area contributed by atoms with Crippen LogP contribution in [0.2, 0.25) is 0 Å². The van der Waals surface area contributed by atoms with Crippen molar-refractivity contribution in [3.8, 4) is 0 Å². The number of aliphatic imine (C=N–C) groups is 3. The largest absolute Gasteiger partial charge is 3.00 e. The molecule has 173 valence electrons. The van der Waals surface area contributed by atoms with Crippen LogP contribution in [0.25, 0.3) is 16.0 Å². The molecule has 6 heterocycles. The van der Waals surface area contributed by atoms with Crippen LogP contribution in [0.15, 0.2) is 15.0 Å². The molecule has 0 aromatic carbocycles. The smallest absolute Gasteiger partial charge is 0.466 e. The Labute approximate surface area is 221 Å². The molecule has 3 fully saturated rings. The van der Waals surface area contributed by atoms with Crippen LogP contribution in [0.4, 0.5) is 0 Å². The fourth-order valence-electron chi connectivity index (χ4n) is 5.80. The SMILES string of the molecule is CC1CC2CC(C)[N-]C2=N1.CC1CC2CC(C)[N-]C2=N1.CC1CC2CC(C)[N-]C2=N1.[Gd+3]. The van der Waals surface area contributed by atoms with Crippen molar-refractivity contribution < 1.29 is 39.9 Å². The van der Waals surface area contributed by atoms with E-state index >= 15 is 0 Å². The van der Waals surface area contributed by atoms with Gasteiger partial charge in [-0.1, -0.05) is 59.0 Å². The maximum atomic E-state index is 4.45. The summed E-state index contributed by atoms with van der Waals surface area (Å²) < 4.78 is 0. The minimum Gasteiger partial charge on any atom is -0.466 e.